The highest BCUT2D eigenvalue weighted by Gasteiger charge is 2.12. The fraction of sp³-hybridized carbons (Fsp3) is 0.176. The van der Waals surface area contributed by atoms with Crippen molar-refractivity contribution >= 4 is 16.6 Å². The molecule has 0 N–H and O–H groups in total. The third-order valence-electron chi connectivity index (χ3n) is 3.56. The first kappa shape index (κ1) is 15.1. The molecule has 6 heteroatoms. The Morgan fingerprint density at radius 2 is 1.83 bits per heavy atom. The van der Waals surface area contributed by atoms with Gasteiger partial charge in [0, 0.05) is 29.6 Å². The Bertz CT molecular complexity index is 860. The van der Waals surface area contributed by atoms with Crippen LogP contribution >= 0.6 is 0 Å². The Morgan fingerprint density at radius 3 is 2.48 bits per heavy atom. The molecule has 0 fully saturated rings. The zero-order valence-corrected chi connectivity index (χ0v) is 12.9. The van der Waals surface area contributed by atoms with Gasteiger partial charge in [-0.05, 0) is 25.7 Å². The summed E-state index contributed by atoms with van der Waals surface area (Å²) < 4.78 is 0. The van der Waals surface area contributed by atoms with Gasteiger partial charge < -0.3 is 4.90 Å². The Kier molecular flexibility index (Phi) is 3.99. The maximum atomic E-state index is 11.0. The van der Waals surface area contributed by atoms with Gasteiger partial charge in [-0.25, -0.2) is 9.97 Å². The van der Waals surface area contributed by atoms with Crippen LogP contribution in [0.1, 0.15) is 5.56 Å². The molecule has 0 saturated carbocycles. The number of rotatable bonds is 4. The van der Waals surface area contributed by atoms with Crippen LogP contribution in [0, 0.1) is 10.1 Å². The zero-order valence-electron chi connectivity index (χ0n) is 12.9. The molecule has 0 bridgehead atoms. The third kappa shape index (κ3) is 3.17. The van der Waals surface area contributed by atoms with Crippen molar-refractivity contribution in [2.45, 2.75) is 6.54 Å². The maximum Gasteiger partial charge on any atom is 0.270 e. The van der Waals surface area contributed by atoms with Crippen LogP contribution in [0.25, 0.3) is 22.2 Å². The van der Waals surface area contributed by atoms with Crippen LogP contribution in [0.2, 0.25) is 0 Å². The van der Waals surface area contributed by atoms with Crippen LogP contribution < -0.4 is 0 Å². The lowest BCUT2D eigenvalue weighted by Gasteiger charge is -2.10. The van der Waals surface area contributed by atoms with Gasteiger partial charge in [0.2, 0.25) is 0 Å². The summed E-state index contributed by atoms with van der Waals surface area (Å²) in [7, 11) is 4.04. The monoisotopic (exact) mass is 308 g/mol. The summed E-state index contributed by atoms with van der Waals surface area (Å²) in [4.78, 5) is 21.2. The highest BCUT2D eigenvalue weighted by Crippen LogP contribution is 2.28. The van der Waals surface area contributed by atoms with Gasteiger partial charge in [0.25, 0.3) is 5.69 Å². The average Bonchev–Trinajstić information content (AvgIpc) is 2.54. The molecule has 0 unspecified atom stereocenters. The number of fused-ring (bicyclic) bond motifs is 1. The van der Waals surface area contributed by atoms with Gasteiger partial charge in [0.1, 0.15) is 6.33 Å². The van der Waals surface area contributed by atoms with Crippen molar-refractivity contribution in [3.63, 3.8) is 0 Å². The van der Waals surface area contributed by atoms with Gasteiger partial charge >= 0.3 is 0 Å². The minimum atomic E-state index is -0.406. The van der Waals surface area contributed by atoms with E-state index in [1.807, 2.05) is 38.4 Å². The summed E-state index contributed by atoms with van der Waals surface area (Å²) in [6, 6.07) is 12.7. The Labute approximate surface area is 133 Å². The molecular formula is C17H16N4O2. The molecule has 0 radical (unpaired) electrons. The molecule has 0 saturated heterocycles. The van der Waals surface area contributed by atoms with E-state index in [1.165, 1.54) is 24.0 Å². The molecule has 23 heavy (non-hydrogen) atoms. The normalized spacial score (nSPS) is 11.1. The molecule has 1 heterocycles. The predicted molar refractivity (Wildman–Crippen MR) is 89.0 cm³/mol. The molecular weight excluding hydrogens is 292 g/mol. The van der Waals surface area contributed by atoms with E-state index in [0.717, 1.165) is 12.1 Å². The first-order chi connectivity index (χ1) is 11.0. The second kappa shape index (κ2) is 6.10. The smallest absolute Gasteiger partial charge is 0.270 e. The van der Waals surface area contributed by atoms with Crippen LogP contribution in [-0.2, 0) is 6.54 Å². The van der Waals surface area contributed by atoms with Gasteiger partial charge in [0.05, 0.1) is 16.1 Å². The summed E-state index contributed by atoms with van der Waals surface area (Å²) in [5.41, 5.74) is 3.55. The summed E-state index contributed by atoms with van der Waals surface area (Å²) >= 11 is 0. The number of hydrogen-bond acceptors (Lipinski definition) is 5. The Hall–Kier alpha value is -2.86. The lowest BCUT2D eigenvalue weighted by atomic mass is 10.0. The van der Waals surface area contributed by atoms with E-state index in [4.69, 9.17) is 0 Å². The molecule has 6 nitrogen and oxygen atoms in total. The van der Waals surface area contributed by atoms with Crippen molar-refractivity contribution in [2.75, 3.05) is 14.1 Å². The second-order valence-corrected chi connectivity index (χ2v) is 5.62. The first-order valence-corrected chi connectivity index (χ1v) is 7.18. The number of aromatic nitrogens is 2. The van der Waals surface area contributed by atoms with Crippen LogP contribution in [0.5, 0.6) is 0 Å². The van der Waals surface area contributed by atoms with Gasteiger partial charge in [-0.15, -0.1) is 0 Å². The summed E-state index contributed by atoms with van der Waals surface area (Å²) in [5, 5.41) is 11.7. The van der Waals surface area contributed by atoms with E-state index < -0.39 is 4.92 Å². The van der Waals surface area contributed by atoms with Crippen molar-refractivity contribution < 1.29 is 4.92 Å². The number of benzene rings is 2. The molecule has 0 amide bonds. The van der Waals surface area contributed by atoms with E-state index in [1.54, 1.807) is 6.07 Å². The minimum Gasteiger partial charge on any atom is -0.305 e. The topological polar surface area (TPSA) is 72.2 Å². The maximum absolute atomic E-state index is 11.0. The Morgan fingerprint density at radius 1 is 1.09 bits per heavy atom. The van der Waals surface area contributed by atoms with Crippen molar-refractivity contribution in [3.05, 3.63) is 64.5 Å². The molecule has 0 atom stereocenters. The van der Waals surface area contributed by atoms with Crippen molar-refractivity contribution in [2.24, 2.45) is 0 Å². The summed E-state index contributed by atoms with van der Waals surface area (Å²) in [5.74, 6) is 0. The van der Waals surface area contributed by atoms with Crippen molar-refractivity contribution in [1.82, 2.24) is 14.9 Å². The van der Waals surface area contributed by atoms with Crippen LogP contribution in [0.15, 0.2) is 48.8 Å². The molecule has 0 aliphatic rings. The van der Waals surface area contributed by atoms with Crippen molar-refractivity contribution in [1.29, 1.82) is 0 Å². The molecule has 0 aliphatic heterocycles. The zero-order chi connectivity index (χ0) is 16.4. The van der Waals surface area contributed by atoms with E-state index in [0.29, 0.717) is 16.6 Å². The number of nitrogens with zero attached hydrogens (tertiary/aromatic N) is 4. The molecule has 2 aromatic carbocycles. The standard InChI is InChI=1S/C17H16N4O2/c1-20(2)10-12-3-5-13(6-4-12)17-15-9-14(21(22)23)7-8-16(15)18-11-19-17/h3-9,11H,10H2,1-2H3. The first-order valence-electron chi connectivity index (χ1n) is 7.18. The van der Waals surface area contributed by atoms with E-state index >= 15 is 0 Å². The van der Waals surface area contributed by atoms with Crippen LogP contribution in [-0.4, -0.2) is 33.9 Å². The molecule has 3 aromatic rings. The number of non-ortho nitro benzene ring substituents is 1. The Balaban J connectivity index is 2.08. The van der Waals surface area contributed by atoms with Crippen LogP contribution in [0.3, 0.4) is 0 Å². The quantitative estimate of drug-likeness (QED) is 0.546. The number of nitro benzene ring substituents is 1. The average molecular weight is 308 g/mol. The number of nitro groups is 1. The molecule has 0 spiro atoms. The predicted octanol–water partition coefficient (Wildman–Crippen LogP) is 3.27. The molecule has 0 aliphatic carbocycles. The third-order valence-corrected chi connectivity index (χ3v) is 3.56. The SMILES string of the molecule is CN(C)Cc1ccc(-c2ncnc3ccc([N+](=O)[O-])cc23)cc1. The highest BCUT2D eigenvalue weighted by molar-refractivity contribution is 5.93. The summed E-state index contributed by atoms with van der Waals surface area (Å²) in [6.07, 6.45) is 1.48. The molecule has 116 valence electrons. The number of hydrogen-bond donors (Lipinski definition) is 0. The molecule has 3 rings (SSSR count). The molecule has 1 aromatic heterocycles. The van der Waals surface area contributed by atoms with Crippen LogP contribution in [0.4, 0.5) is 5.69 Å². The van der Waals surface area contributed by atoms with Gasteiger partial charge in [-0.2, -0.15) is 0 Å². The highest BCUT2D eigenvalue weighted by atomic mass is 16.6. The van der Waals surface area contributed by atoms with E-state index in [-0.39, 0.29) is 5.69 Å². The van der Waals surface area contributed by atoms with E-state index in [9.17, 15) is 10.1 Å². The largest absolute Gasteiger partial charge is 0.305 e. The lowest BCUT2D eigenvalue weighted by molar-refractivity contribution is -0.384. The fourth-order valence-electron chi connectivity index (χ4n) is 2.52. The fourth-order valence-corrected chi connectivity index (χ4v) is 2.52. The minimum absolute atomic E-state index is 0.0396. The van der Waals surface area contributed by atoms with E-state index in [2.05, 4.69) is 14.9 Å². The van der Waals surface area contributed by atoms with Gasteiger partial charge in [0.15, 0.2) is 0 Å². The second-order valence-electron chi connectivity index (χ2n) is 5.62. The van der Waals surface area contributed by atoms with Gasteiger partial charge in [-0.3, -0.25) is 10.1 Å². The van der Waals surface area contributed by atoms with Gasteiger partial charge in [-0.1, -0.05) is 24.3 Å². The lowest BCUT2D eigenvalue weighted by Crippen LogP contribution is -2.10. The summed E-state index contributed by atoms with van der Waals surface area (Å²) in [6.45, 7) is 0.857. The van der Waals surface area contributed by atoms with Crippen molar-refractivity contribution in [3.8, 4) is 11.3 Å².